The van der Waals surface area contributed by atoms with Crippen LogP contribution in [-0.4, -0.2) is 20.4 Å². The van der Waals surface area contributed by atoms with Gasteiger partial charge >= 0.3 is 0 Å². The van der Waals surface area contributed by atoms with Crippen LogP contribution >= 0.6 is 22.7 Å². The molecule has 1 aromatic carbocycles. The topological polar surface area (TPSA) is 76.9 Å². The van der Waals surface area contributed by atoms with Gasteiger partial charge in [0.25, 0.3) is 5.56 Å². The number of thiophene rings is 2. The number of nitrogens with one attached hydrogen (secondary N) is 1. The van der Waals surface area contributed by atoms with Crippen molar-refractivity contribution in [3.63, 3.8) is 0 Å². The van der Waals surface area contributed by atoms with E-state index in [-0.39, 0.29) is 18.0 Å². The molecule has 32 heavy (non-hydrogen) atoms. The third-order valence-corrected chi connectivity index (χ3v) is 7.75. The van der Waals surface area contributed by atoms with E-state index in [0.717, 1.165) is 45.7 Å². The molecule has 0 saturated heterocycles. The molecular formula is C24H18N4O2S2. The van der Waals surface area contributed by atoms with E-state index in [4.69, 9.17) is 4.98 Å². The van der Waals surface area contributed by atoms with Crippen LogP contribution in [0.3, 0.4) is 0 Å². The number of benzene rings is 1. The Morgan fingerprint density at radius 2 is 2.03 bits per heavy atom. The standard InChI is InChI=1S/C24H18N4O2S2/c29-20(26-16-7-6-14-3-1-4-15(14)11-16)12-28-13-25-21-17-8-9-18(19-5-2-10-31-19)27-23(17)32-22(21)24(28)30/h2,5-11,13H,1,3-4,12H2,(H,26,29). The second-order valence-corrected chi connectivity index (χ2v) is 9.82. The molecule has 1 amide bonds. The van der Waals surface area contributed by atoms with Gasteiger partial charge in [-0.3, -0.25) is 14.2 Å². The van der Waals surface area contributed by atoms with E-state index >= 15 is 0 Å². The van der Waals surface area contributed by atoms with Crippen LogP contribution in [0.2, 0.25) is 0 Å². The fourth-order valence-corrected chi connectivity index (χ4v) is 6.00. The number of anilines is 1. The van der Waals surface area contributed by atoms with Gasteiger partial charge in [-0.15, -0.1) is 22.7 Å². The summed E-state index contributed by atoms with van der Waals surface area (Å²) in [5.74, 6) is -0.245. The monoisotopic (exact) mass is 458 g/mol. The number of hydrogen-bond donors (Lipinski definition) is 1. The zero-order chi connectivity index (χ0) is 21.7. The smallest absolute Gasteiger partial charge is 0.271 e. The molecule has 1 aliphatic rings. The second kappa shape index (κ2) is 7.65. The molecule has 4 heterocycles. The van der Waals surface area contributed by atoms with E-state index < -0.39 is 0 Å². The molecule has 158 valence electrons. The Labute approximate surface area is 191 Å². The fraction of sp³-hybridized carbons (Fsp3) is 0.167. The highest BCUT2D eigenvalue weighted by Crippen LogP contribution is 2.32. The number of rotatable bonds is 4. The van der Waals surface area contributed by atoms with Gasteiger partial charge in [-0.05, 0) is 66.1 Å². The summed E-state index contributed by atoms with van der Waals surface area (Å²) in [6, 6.07) is 14.0. The van der Waals surface area contributed by atoms with Crippen LogP contribution in [0.15, 0.2) is 59.0 Å². The lowest BCUT2D eigenvalue weighted by atomic mass is 10.1. The summed E-state index contributed by atoms with van der Waals surface area (Å²) in [5.41, 5.74) is 4.71. The molecule has 8 heteroatoms. The largest absolute Gasteiger partial charge is 0.325 e. The first-order valence-corrected chi connectivity index (χ1v) is 12.1. The van der Waals surface area contributed by atoms with Crippen LogP contribution in [0.25, 0.3) is 31.0 Å². The van der Waals surface area contributed by atoms with Crippen LogP contribution in [0.1, 0.15) is 17.5 Å². The van der Waals surface area contributed by atoms with Gasteiger partial charge in [-0.1, -0.05) is 12.1 Å². The van der Waals surface area contributed by atoms with Crippen molar-refractivity contribution in [2.24, 2.45) is 0 Å². The van der Waals surface area contributed by atoms with Gasteiger partial charge < -0.3 is 5.32 Å². The lowest BCUT2D eigenvalue weighted by molar-refractivity contribution is -0.116. The molecule has 0 fully saturated rings. The van der Waals surface area contributed by atoms with Gasteiger partial charge in [-0.25, -0.2) is 9.97 Å². The van der Waals surface area contributed by atoms with Crippen molar-refractivity contribution in [3.8, 4) is 10.6 Å². The van der Waals surface area contributed by atoms with E-state index in [0.29, 0.717) is 10.2 Å². The molecule has 6 rings (SSSR count). The van der Waals surface area contributed by atoms with E-state index in [1.807, 2.05) is 41.8 Å². The minimum Gasteiger partial charge on any atom is -0.325 e. The van der Waals surface area contributed by atoms with Crippen molar-refractivity contribution in [1.29, 1.82) is 0 Å². The highest BCUT2D eigenvalue weighted by molar-refractivity contribution is 7.25. The number of carbonyl (C=O) groups is 1. The Morgan fingerprint density at radius 3 is 2.91 bits per heavy atom. The highest BCUT2D eigenvalue weighted by atomic mass is 32.1. The molecule has 0 unspecified atom stereocenters. The lowest BCUT2D eigenvalue weighted by Crippen LogP contribution is -2.27. The van der Waals surface area contributed by atoms with Crippen molar-refractivity contribution in [2.75, 3.05) is 5.32 Å². The molecule has 4 aromatic heterocycles. The number of amides is 1. The quantitative estimate of drug-likeness (QED) is 0.417. The minimum atomic E-state index is -0.245. The third kappa shape index (κ3) is 3.32. The normalized spacial score (nSPS) is 13.0. The van der Waals surface area contributed by atoms with Crippen molar-refractivity contribution < 1.29 is 4.79 Å². The summed E-state index contributed by atoms with van der Waals surface area (Å²) in [6.07, 6.45) is 4.76. The zero-order valence-electron chi connectivity index (χ0n) is 17.0. The van der Waals surface area contributed by atoms with Crippen LogP contribution in [-0.2, 0) is 24.2 Å². The average molecular weight is 459 g/mol. The van der Waals surface area contributed by atoms with Gasteiger partial charge in [-0.2, -0.15) is 0 Å². The van der Waals surface area contributed by atoms with E-state index in [1.165, 1.54) is 33.4 Å². The molecule has 0 saturated carbocycles. The fourth-order valence-electron chi connectivity index (χ4n) is 4.23. The lowest BCUT2D eigenvalue weighted by Gasteiger charge is -2.09. The number of aromatic nitrogens is 3. The van der Waals surface area contributed by atoms with Crippen LogP contribution in [0, 0.1) is 0 Å². The summed E-state index contributed by atoms with van der Waals surface area (Å²) in [4.78, 5) is 36.8. The molecule has 0 spiro atoms. The zero-order valence-corrected chi connectivity index (χ0v) is 18.6. The molecule has 0 radical (unpaired) electrons. The first-order chi connectivity index (χ1) is 15.7. The number of aryl methyl sites for hydroxylation is 2. The van der Waals surface area contributed by atoms with E-state index in [1.54, 1.807) is 11.3 Å². The molecule has 1 N–H and O–H groups in total. The van der Waals surface area contributed by atoms with Gasteiger partial charge in [0.2, 0.25) is 5.91 Å². The maximum atomic E-state index is 13.1. The summed E-state index contributed by atoms with van der Waals surface area (Å²) >= 11 is 2.95. The molecule has 0 aliphatic heterocycles. The Morgan fingerprint density at radius 1 is 1.12 bits per heavy atom. The Kier molecular flexibility index (Phi) is 4.62. The van der Waals surface area contributed by atoms with Gasteiger partial charge in [0.1, 0.15) is 16.1 Å². The van der Waals surface area contributed by atoms with E-state index in [2.05, 4.69) is 16.4 Å². The van der Waals surface area contributed by atoms with Gasteiger partial charge in [0.05, 0.1) is 22.4 Å². The molecule has 6 nitrogen and oxygen atoms in total. The number of hydrogen-bond acceptors (Lipinski definition) is 6. The van der Waals surface area contributed by atoms with Gasteiger partial charge in [0, 0.05) is 11.1 Å². The molecule has 0 bridgehead atoms. The van der Waals surface area contributed by atoms with Crippen molar-refractivity contribution in [2.45, 2.75) is 25.8 Å². The molecule has 1 aliphatic carbocycles. The Bertz CT molecular complexity index is 1550. The molecular weight excluding hydrogens is 440 g/mol. The highest BCUT2D eigenvalue weighted by Gasteiger charge is 2.16. The summed E-state index contributed by atoms with van der Waals surface area (Å²) in [6.45, 7) is -0.0824. The second-order valence-electron chi connectivity index (χ2n) is 7.87. The maximum absolute atomic E-state index is 13.1. The summed E-state index contributed by atoms with van der Waals surface area (Å²) in [5, 5.41) is 5.78. The first-order valence-electron chi connectivity index (χ1n) is 10.4. The number of nitrogens with zero attached hydrogens (tertiary/aromatic N) is 3. The van der Waals surface area contributed by atoms with Crippen LogP contribution in [0.4, 0.5) is 5.69 Å². The Hall–Kier alpha value is -3.36. The van der Waals surface area contributed by atoms with E-state index in [9.17, 15) is 9.59 Å². The number of pyridine rings is 1. The van der Waals surface area contributed by atoms with Crippen molar-refractivity contribution in [3.05, 3.63) is 75.7 Å². The summed E-state index contributed by atoms with van der Waals surface area (Å²) in [7, 11) is 0. The average Bonchev–Trinajstić information content (AvgIpc) is 3.54. The van der Waals surface area contributed by atoms with Crippen LogP contribution < -0.4 is 10.9 Å². The number of fused-ring (bicyclic) bond motifs is 4. The SMILES string of the molecule is O=C(Cn1cnc2c(sc3nc(-c4cccs4)ccc32)c1=O)Nc1ccc2c(c1)CCC2. The summed E-state index contributed by atoms with van der Waals surface area (Å²) < 4.78 is 1.88. The van der Waals surface area contributed by atoms with Gasteiger partial charge in [0.15, 0.2) is 0 Å². The molecule has 0 atom stereocenters. The maximum Gasteiger partial charge on any atom is 0.271 e. The van der Waals surface area contributed by atoms with Crippen molar-refractivity contribution in [1.82, 2.24) is 14.5 Å². The predicted molar refractivity (Wildman–Crippen MR) is 130 cm³/mol. The first kappa shape index (κ1) is 19.3. The molecule has 5 aromatic rings. The van der Waals surface area contributed by atoms with Crippen LogP contribution in [0.5, 0.6) is 0 Å². The number of carbonyl (C=O) groups excluding carboxylic acids is 1. The predicted octanol–water partition coefficient (Wildman–Crippen LogP) is 4.86. The minimum absolute atomic E-state index is 0.0824. The van der Waals surface area contributed by atoms with Crippen molar-refractivity contribution >= 4 is 54.7 Å². The third-order valence-electron chi connectivity index (χ3n) is 5.78. The Balaban J connectivity index is 1.29.